The lowest BCUT2D eigenvalue weighted by atomic mass is 10.1. The first-order valence-electron chi connectivity index (χ1n) is 8.64. The molecule has 1 aliphatic carbocycles. The number of methoxy groups -OCH3 is 2. The molecule has 7 heteroatoms. The molecule has 0 unspecified atom stereocenters. The monoisotopic (exact) mass is 347 g/mol. The number of carbonyl (C=O) groups is 2. The molecule has 1 heterocycles. The second kappa shape index (κ2) is 7.74. The number of nitrogens with zero attached hydrogens (tertiary/aromatic N) is 1. The normalized spacial score (nSPS) is 20.1. The molecule has 3 rings (SSSR count). The van der Waals surface area contributed by atoms with Gasteiger partial charge in [-0.05, 0) is 30.5 Å². The summed E-state index contributed by atoms with van der Waals surface area (Å²) in [5, 5.41) is 6.20. The summed E-state index contributed by atoms with van der Waals surface area (Å²) in [5.74, 6) is 1.11. The van der Waals surface area contributed by atoms with Crippen LogP contribution in [0.5, 0.6) is 11.5 Å². The Morgan fingerprint density at radius 2 is 2.00 bits per heavy atom. The molecule has 2 amide bonds. The maximum Gasteiger partial charge on any atom is 0.244 e. The SMILES string of the molecule is COc1ccc(CC(=O)N2CCNC[C@@H]2C(=O)NC2CC2)cc1OC. The van der Waals surface area contributed by atoms with Gasteiger partial charge in [-0.1, -0.05) is 6.07 Å². The van der Waals surface area contributed by atoms with Crippen molar-refractivity contribution in [2.75, 3.05) is 33.9 Å². The fourth-order valence-corrected chi connectivity index (χ4v) is 3.03. The third-order valence-electron chi connectivity index (χ3n) is 4.59. The molecular formula is C18H25N3O4. The van der Waals surface area contributed by atoms with Crippen LogP contribution in [0.4, 0.5) is 0 Å². The van der Waals surface area contributed by atoms with Crippen LogP contribution in [0.3, 0.4) is 0 Å². The van der Waals surface area contributed by atoms with Crippen molar-refractivity contribution in [2.45, 2.75) is 31.3 Å². The highest BCUT2D eigenvalue weighted by Crippen LogP contribution is 2.28. The van der Waals surface area contributed by atoms with Crippen molar-refractivity contribution in [2.24, 2.45) is 0 Å². The zero-order valence-electron chi connectivity index (χ0n) is 14.7. The van der Waals surface area contributed by atoms with Gasteiger partial charge in [0.15, 0.2) is 11.5 Å². The van der Waals surface area contributed by atoms with Crippen LogP contribution in [0.25, 0.3) is 0 Å². The molecule has 136 valence electrons. The molecule has 0 bridgehead atoms. The summed E-state index contributed by atoms with van der Waals surface area (Å²) in [6, 6.07) is 5.29. The molecule has 1 aromatic rings. The number of carbonyl (C=O) groups excluding carboxylic acids is 2. The predicted octanol–water partition coefficient (Wildman–Crippen LogP) is 0.325. The van der Waals surface area contributed by atoms with Crippen LogP contribution in [0, 0.1) is 0 Å². The summed E-state index contributed by atoms with van der Waals surface area (Å²) in [5.41, 5.74) is 0.836. The van der Waals surface area contributed by atoms with E-state index in [1.54, 1.807) is 31.3 Å². The molecule has 2 N–H and O–H groups in total. The largest absolute Gasteiger partial charge is 0.493 e. The van der Waals surface area contributed by atoms with Crippen LogP contribution < -0.4 is 20.1 Å². The fraction of sp³-hybridized carbons (Fsp3) is 0.556. The van der Waals surface area contributed by atoms with Gasteiger partial charge in [0, 0.05) is 25.7 Å². The van der Waals surface area contributed by atoms with Crippen molar-refractivity contribution < 1.29 is 19.1 Å². The Hall–Kier alpha value is -2.28. The molecule has 2 fully saturated rings. The highest BCUT2D eigenvalue weighted by atomic mass is 16.5. The van der Waals surface area contributed by atoms with Crippen LogP contribution in [0.1, 0.15) is 18.4 Å². The summed E-state index contributed by atoms with van der Waals surface area (Å²) in [4.78, 5) is 26.9. The molecule has 0 radical (unpaired) electrons. The summed E-state index contributed by atoms with van der Waals surface area (Å²) in [7, 11) is 3.14. The van der Waals surface area contributed by atoms with Gasteiger partial charge in [-0.3, -0.25) is 9.59 Å². The predicted molar refractivity (Wildman–Crippen MR) is 92.8 cm³/mol. The minimum absolute atomic E-state index is 0.0512. The first-order chi connectivity index (χ1) is 12.1. The number of rotatable bonds is 6. The van der Waals surface area contributed by atoms with Gasteiger partial charge in [-0.15, -0.1) is 0 Å². The van der Waals surface area contributed by atoms with Gasteiger partial charge < -0.3 is 25.0 Å². The Labute approximate surface area is 147 Å². The molecule has 0 aromatic heterocycles. The Morgan fingerprint density at radius 3 is 2.68 bits per heavy atom. The molecule has 1 aromatic carbocycles. The minimum atomic E-state index is -0.443. The zero-order chi connectivity index (χ0) is 17.8. The van der Waals surface area contributed by atoms with Crippen LogP contribution in [0.15, 0.2) is 18.2 Å². The lowest BCUT2D eigenvalue weighted by molar-refractivity contribution is -0.141. The molecule has 1 atom stereocenters. The highest BCUT2D eigenvalue weighted by Gasteiger charge is 2.34. The van der Waals surface area contributed by atoms with Crippen LogP contribution in [-0.2, 0) is 16.0 Å². The van der Waals surface area contributed by atoms with Crippen molar-refractivity contribution in [1.29, 1.82) is 0 Å². The number of nitrogens with one attached hydrogen (secondary N) is 2. The van der Waals surface area contributed by atoms with Crippen molar-refractivity contribution in [3.05, 3.63) is 23.8 Å². The van der Waals surface area contributed by atoms with Crippen LogP contribution >= 0.6 is 0 Å². The van der Waals surface area contributed by atoms with Crippen molar-refractivity contribution >= 4 is 11.8 Å². The third kappa shape index (κ3) is 4.22. The van der Waals surface area contributed by atoms with E-state index in [-0.39, 0.29) is 24.3 Å². The first-order valence-corrected chi connectivity index (χ1v) is 8.64. The number of hydrogen-bond acceptors (Lipinski definition) is 5. The third-order valence-corrected chi connectivity index (χ3v) is 4.59. The number of benzene rings is 1. The standard InChI is InChI=1S/C18H25N3O4/c1-24-15-6-3-12(9-16(15)25-2)10-17(22)21-8-7-19-11-14(21)18(23)20-13-4-5-13/h3,6,9,13-14,19H,4-5,7-8,10-11H2,1-2H3,(H,20,23)/t14-/m1/s1. The van der Waals surface area contributed by atoms with Gasteiger partial charge in [0.05, 0.1) is 20.6 Å². The van der Waals surface area contributed by atoms with E-state index in [4.69, 9.17) is 9.47 Å². The van der Waals surface area contributed by atoms with E-state index in [0.29, 0.717) is 31.1 Å². The quantitative estimate of drug-likeness (QED) is 0.775. The average Bonchev–Trinajstić information content (AvgIpc) is 3.45. The zero-order valence-corrected chi connectivity index (χ0v) is 14.7. The second-order valence-corrected chi connectivity index (χ2v) is 6.46. The smallest absolute Gasteiger partial charge is 0.244 e. The molecular weight excluding hydrogens is 322 g/mol. The van der Waals surface area contributed by atoms with Gasteiger partial charge in [0.25, 0.3) is 0 Å². The van der Waals surface area contributed by atoms with Crippen molar-refractivity contribution in [1.82, 2.24) is 15.5 Å². The average molecular weight is 347 g/mol. The summed E-state index contributed by atoms with van der Waals surface area (Å²) in [6.07, 6.45) is 2.30. The molecule has 2 aliphatic rings. The topological polar surface area (TPSA) is 79.9 Å². The van der Waals surface area contributed by atoms with Gasteiger partial charge in [-0.25, -0.2) is 0 Å². The number of hydrogen-bond donors (Lipinski definition) is 2. The van der Waals surface area contributed by atoms with Crippen molar-refractivity contribution in [3.63, 3.8) is 0 Å². The maximum absolute atomic E-state index is 12.8. The van der Waals surface area contributed by atoms with Crippen molar-refractivity contribution in [3.8, 4) is 11.5 Å². The van der Waals surface area contributed by atoms with Crippen LogP contribution in [0.2, 0.25) is 0 Å². The van der Waals surface area contributed by atoms with E-state index in [2.05, 4.69) is 10.6 Å². The molecule has 1 saturated heterocycles. The maximum atomic E-state index is 12.8. The van der Waals surface area contributed by atoms with E-state index < -0.39 is 6.04 Å². The molecule has 7 nitrogen and oxygen atoms in total. The van der Waals surface area contributed by atoms with E-state index in [0.717, 1.165) is 18.4 Å². The van der Waals surface area contributed by atoms with Gasteiger partial charge >= 0.3 is 0 Å². The van der Waals surface area contributed by atoms with E-state index in [1.165, 1.54) is 0 Å². The highest BCUT2D eigenvalue weighted by molar-refractivity contribution is 5.89. The fourth-order valence-electron chi connectivity index (χ4n) is 3.03. The summed E-state index contributed by atoms with van der Waals surface area (Å²) in [6.45, 7) is 1.73. The Balaban J connectivity index is 1.68. The summed E-state index contributed by atoms with van der Waals surface area (Å²) < 4.78 is 10.5. The lowest BCUT2D eigenvalue weighted by Gasteiger charge is -2.35. The Bertz CT molecular complexity index is 645. The molecule has 0 spiro atoms. The van der Waals surface area contributed by atoms with Crippen LogP contribution in [-0.4, -0.2) is 62.7 Å². The number of ether oxygens (including phenoxy) is 2. The molecule has 1 aliphatic heterocycles. The Kier molecular flexibility index (Phi) is 5.43. The molecule has 1 saturated carbocycles. The van der Waals surface area contributed by atoms with Gasteiger partial charge in [0.1, 0.15) is 6.04 Å². The number of piperazine rings is 1. The Morgan fingerprint density at radius 1 is 1.24 bits per heavy atom. The minimum Gasteiger partial charge on any atom is -0.493 e. The summed E-state index contributed by atoms with van der Waals surface area (Å²) >= 11 is 0. The lowest BCUT2D eigenvalue weighted by Crippen LogP contribution is -2.60. The molecule has 25 heavy (non-hydrogen) atoms. The van der Waals surface area contributed by atoms with E-state index in [9.17, 15) is 9.59 Å². The van der Waals surface area contributed by atoms with Gasteiger partial charge in [0.2, 0.25) is 11.8 Å². The number of amides is 2. The van der Waals surface area contributed by atoms with E-state index in [1.807, 2.05) is 6.07 Å². The van der Waals surface area contributed by atoms with E-state index >= 15 is 0 Å². The first kappa shape index (κ1) is 17.5. The van der Waals surface area contributed by atoms with Gasteiger partial charge in [-0.2, -0.15) is 0 Å². The second-order valence-electron chi connectivity index (χ2n) is 6.46.